The Labute approximate surface area is 155 Å². The molecule has 0 spiro atoms. The summed E-state index contributed by atoms with van der Waals surface area (Å²) >= 11 is 0. The Balaban J connectivity index is 1.56. The standard InChI is InChI=1S/C19H20FN5O2/c1-19(18-22-16(27-23-18)13-4-6-15(20)7-5-13)8-3-9-25(12-19)17(26)14-10-21-24(2)11-14/h4-7,10-11H,3,8-9,12H2,1-2H3. The van der Waals surface area contributed by atoms with E-state index >= 15 is 0 Å². The number of piperidine rings is 1. The average molecular weight is 369 g/mol. The van der Waals surface area contributed by atoms with Crippen LogP contribution < -0.4 is 0 Å². The van der Waals surface area contributed by atoms with E-state index in [2.05, 4.69) is 15.2 Å². The molecule has 2 aromatic heterocycles. The SMILES string of the molecule is Cn1cc(C(=O)N2CCCC(C)(c3noc(-c4ccc(F)cc4)n3)C2)cn1. The number of rotatable bonds is 3. The lowest BCUT2D eigenvalue weighted by molar-refractivity contribution is 0.0642. The Morgan fingerprint density at radius 3 is 2.78 bits per heavy atom. The number of hydrogen-bond donors (Lipinski definition) is 0. The molecule has 27 heavy (non-hydrogen) atoms. The summed E-state index contributed by atoms with van der Waals surface area (Å²) in [6, 6.07) is 5.92. The van der Waals surface area contributed by atoms with E-state index in [0.717, 1.165) is 12.8 Å². The molecule has 0 aliphatic carbocycles. The van der Waals surface area contributed by atoms with E-state index in [1.54, 1.807) is 36.3 Å². The molecular formula is C19H20FN5O2. The van der Waals surface area contributed by atoms with Crippen molar-refractivity contribution in [3.05, 3.63) is 53.9 Å². The number of carbonyl (C=O) groups is 1. The summed E-state index contributed by atoms with van der Waals surface area (Å²) in [5.41, 5.74) is 0.831. The summed E-state index contributed by atoms with van der Waals surface area (Å²) < 4.78 is 20.1. The Hall–Kier alpha value is -3.03. The maximum atomic E-state index is 13.1. The van der Waals surface area contributed by atoms with Gasteiger partial charge in [0, 0.05) is 37.3 Å². The smallest absolute Gasteiger partial charge is 0.257 e. The van der Waals surface area contributed by atoms with Crippen molar-refractivity contribution in [2.75, 3.05) is 13.1 Å². The van der Waals surface area contributed by atoms with E-state index in [9.17, 15) is 9.18 Å². The summed E-state index contributed by atoms with van der Waals surface area (Å²) in [5, 5.41) is 8.22. The predicted octanol–water partition coefficient (Wildman–Crippen LogP) is 2.80. The van der Waals surface area contributed by atoms with Crippen molar-refractivity contribution in [3.8, 4) is 11.5 Å². The molecule has 1 fully saturated rings. The topological polar surface area (TPSA) is 77.0 Å². The third-order valence-corrected chi connectivity index (χ3v) is 4.99. The fourth-order valence-electron chi connectivity index (χ4n) is 3.49. The van der Waals surface area contributed by atoms with Gasteiger partial charge in [0.25, 0.3) is 11.8 Å². The number of aryl methyl sites for hydroxylation is 1. The van der Waals surface area contributed by atoms with E-state index in [-0.39, 0.29) is 11.7 Å². The third-order valence-electron chi connectivity index (χ3n) is 4.99. The number of hydrogen-bond acceptors (Lipinski definition) is 5. The molecule has 8 heteroatoms. The molecule has 1 aliphatic rings. The highest BCUT2D eigenvalue weighted by molar-refractivity contribution is 5.93. The van der Waals surface area contributed by atoms with Crippen LogP contribution in [0.1, 0.15) is 35.9 Å². The second-order valence-electron chi connectivity index (χ2n) is 7.22. The molecule has 1 unspecified atom stereocenters. The summed E-state index contributed by atoms with van der Waals surface area (Å²) in [6.07, 6.45) is 5.00. The van der Waals surface area contributed by atoms with Crippen LogP contribution in [-0.2, 0) is 12.5 Å². The van der Waals surface area contributed by atoms with Crippen molar-refractivity contribution in [1.29, 1.82) is 0 Å². The zero-order valence-electron chi connectivity index (χ0n) is 15.2. The quantitative estimate of drug-likeness (QED) is 0.709. The van der Waals surface area contributed by atoms with Gasteiger partial charge in [0.1, 0.15) is 5.82 Å². The van der Waals surface area contributed by atoms with Crippen molar-refractivity contribution in [1.82, 2.24) is 24.8 Å². The molecule has 7 nitrogen and oxygen atoms in total. The maximum Gasteiger partial charge on any atom is 0.257 e. The number of nitrogens with zero attached hydrogens (tertiary/aromatic N) is 5. The lowest BCUT2D eigenvalue weighted by atomic mass is 9.81. The minimum Gasteiger partial charge on any atom is -0.338 e. The minimum absolute atomic E-state index is 0.0451. The molecular weight excluding hydrogens is 349 g/mol. The number of halogens is 1. The van der Waals surface area contributed by atoms with E-state index in [1.807, 2.05) is 11.8 Å². The zero-order chi connectivity index (χ0) is 19.0. The summed E-state index contributed by atoms with van der Waals surface area (Å²) in [4.78, 5) is 19.1. The summed E-state index contributed by atoms with van der Waals surface area (Å²) in [7, 11) is 1.79. The van der Waals surface area contributed by atoms with Crippen LogP contribution in [0.4, 0.5) is 4.39 Å². The van der Waals surface area contributed by atoms with Crippen LogP contribution in [0.15, 0.2) is 41.2 Å². The number of amides is 1. The van der Waals surface area contributed by atoms with Gasteiger partial charge >= 0.3 is 0 Å². The van der Waals surface area contributed by atoms with Gasteiger partial charge in [0.05, 0.1) is 11.8 Å². The molecule has 1 aromatic carbocycles. The largest absolute Gasteiger partial charge is 0.338 e. The van der Waals surface area contributed by atoms with E-state index in [1.165, 1.54) is 12.1 Å². The predicted molar refractivity (Wildman–Crippen MR) is 95.4 cm³/mol. The van der Waals surface area contributed by atoms with Crippen LogP contribution in [0, 0.1) is 5.82 Å². The number of aromatic nitrogens is 4. The number of benzene rings is 1. The van der Waals surface area contributed by atoms with Crippen LogP contribution >= 0.6 is 0 Å². The van der Waals surface area contributed by atoms with E-state index < -0.39 is 5.41 Å². The highest BCUT2D eigenvalue weighted by Gasteiger charge is 2.39. The van der Waals surface area contributed by atoms with Gasteiger partial charge in [0.15, 0.2) is 5.82 Å². The lowest BCUT2D eigenvalue weighted by Gasteiger charge is -2.38. The third kappa shape index (κ3) is 3.34. The molecule has 4 rings (SSSR count). The monoisotopic (exact) mass is 369 g/mol. The van der Waals surface area contributed by atoms with Gasteiger partial charge in [-0.3, -0.25) is 9.48 Å². The Morgan fingerprint density at radius 2 is 2.07 bits per heavy atom. The molecule has 0 radical (unpaired) electrons. The molecule has 0 saturated carbocycles. The second-order valence-corrected chi connectivity index (χ2v) is 7.22. The molecule has 3 heterocycles. The Kier molecular flexibility index (Phi) is 4.25. The van der Waals surface area contributed by atoms with Crippen molar-refractivity contribution in [2.45, 2.75) is 25.2 Å². The van der Waals surface area contributed by atoms with Crippen molar-refractivity contribution in [2.24, 2.45) is 7.05 Å². The van der Waals surface area contributed by atoms with Crippen LogP contribution in [0.3, 0.4) is 0 Å². The van der Waals surface area contributed by atoms with Crippen molar-refractivity contribution in [3.63, 3.8) is 0 Å². The van der Waals surface area contributed by atoms with Crippen molar-refractivity contribution >= 4 is 5.91 Å². The first-order valence-corrected chi connectivity index (χ1v) is 8.83. The number of carbonyl (C=O) groups excluding carboxylic acids is 1. The molecule has 3 aromatic rings. The lowest BCUT2D eigenvalue weighted by Crippen LogP contribution is -2.47. The molecule has 1 atom stereocenters. The molecule has 1 saturated heterocycles. The Morgan fingerprint density at radius 1 is 1.30 bits per heavy atom. The van der Waals surface area contributed by atoms with Crippen LogP contribution in [0.2, 0.25) is 0 Å². The first kappa shape index (κ1) is 17.4. The van der Waals surface area contributed by atoms with Crippen LogP contribution in [0.25, 0.3) is 11.5 Å². The molecule has 0 N–H and O–H groups in total. The van der Waals surface area contributed by atoms with Crippen LogP contribution in [0.5, 0.6) is 0 Å². The normalized spacial score (nSPS) is 20.0. The van der Waals surface area contributed by atoms with E-state index in [4.69, 9.17) is 4.52 Å². The highest BCUT2D eigenvalue weighted by Crippen LogP contribution is 2.33. The molecule has 1 aliphatic heterocycles. The van der Waals surface area contributed by atoms with Gasteiger partial charge in [0.2, 0.25) is 0 Å². The zero-order valence-corrected chi connectivity index (χ0v) is 15.2. The van der Waals surface area contributed by atoms with Gasteiger partial charge in [-0.25, -0.2) is 4.39 Å². The maximum absolute atomic E-state index is 13.1. The number of likely N-dealkylation sites (tertiary alicyclic amines) is 1. The van der Waals surface area contributed by atoms with Gasteiger partial charge in [-0.1, -0.05) is 12.1 Å². The molecule has 0 bridgehead atoms. The second kappa shape index (κ2) is 6.61. The minimum atomic E-state index is -0.405. The average Bonchev–Trinajstić information content (AvgIpc) is 3.31. The van der Waals surface area contributed by atoms with Gasteiger partial charge in [-0.2, -0.15) is 10.1 Å². The Bertz CT molecular complexity index is 965. The fourth-order valence-corrected chi connectivity index (χ4v) is 3.49. The van der Waals surface area contributed by atoms with Crippen LogP contribution in [-0.4, -0.2) is 43.8 Å². The van der Waals surface area contributed by atoms with Crippen molar-refractivity contribution < 1.29 is 13.7 Å². The summed E-state index contributed by atoms with van der Waals surface area (Å²) in [6.45, 7) is 3.23. The summed E-state index contributed by atoms with van der Waals surface area (Å²) in [5.74, 6) is 0.547. The van der Waals surface area contributed by atoms with Gasteiger partial charge in [-0.05, 0) is 37.1 Å². The first-order valence-electron chi connectivity index (χ1n) is 8.83. The first-order chi connectivity index (χ1) is 12.9. The van der Waals surface area contributed by atoms with E-state index in [0.29, 0.717) is 35.9 Å². The molecule has 140 valence electrons. The fraction of sp³-hybridized carbons (Fsp3) is 0.368. The molecule has 1 amide bonds. The highest BCUT2D eigenvalue weighted by atomic mass is 19.1. The van der Waals surface area contributed by atoms with Gasteiger partial charge in [-0.15, -0.1) is 0 Å². The van der Waals surface area contributed by atoms with Gasteiger partial charge < -0.3 is 9.42 Å².